The lowest BCUT2D eigenvalue weighted by atomic mass is 10.2. The minimum Gasteiger partial charge on any atom is -0.409 e. The summed E-state index contributed by atoms with van der Waals surface area (Å²) >= 11 is 0. The number of aromatic nitrogens is 2. The molecule has 0 aliphatic heterocycles. The Kier molecular flexibility index (Phi) is 3.42. The number of aliphatic hydroxyl groups excluding tert-OH is 1. The molecule has 2 rings (SSSR count). The van der Waals surface area contributed by atoms with Crippen LogP contribution in [0.25, 0.3) is 0 Å². The first-order valence-corrected chi connectivity index (χ1v) is 5.99. The van der Waals surface area contributed by atoms with E-state index in [9.17, 15) is 5.11 Å². The molecule has 1 aromatic rings. The zero-order chi connectivity index (χ0) is 13.3. The normalized spacial score (nSPS) is 16.1. The summed E-state index contributed by atoms with van der Waals surface area (Å²) in [5.74, 6) is 0.860. The molecule has 0 saturated heterocycles. The Morgan fingerprint density at radius 3 is 2.78 bits per heavy atom. The van der Waals surface area contributed by atoms with Gasteiger partial charge in [0.2, 0.25) is 0 Å². The highest BCUT2D eigenvalue weighted by atomic mass is 16.4. The van der Waals surface area contributed by atoms with Crippen LogP contribution in [0.5, 0.6) is 0 Å². The SMILES string of the molecule is Cc1nn(C)c(N(CCO)C2CC2)c1C(N)=NO. The van der Waals surface area contributed by atoms with Gasteiger partial charge in [-0.3, -0.25) is 4.68 Å². The Morgan fingerprint density at radius 1 is 1.61 bits per heavy atom. The summed E-state index contributed by atoms with van der Waals surface area (Å²) in [6.45, 7) is 2.41. The molecule has 1 aliphatic rings. The van der Waals surface area contributed by atoms with Crippen molar-refractivity contribution in [3.63, 3.8) is 0 Å². The van der Waals surface area contributed by atoms with Crippen LogP contribution in [0.15, 0.2) is 5.16 Å². The van der Waals surface area contributed by atoms with Crippen LogP contribution in [0.2, 0.25) is 0 Å². The Hall–Kier alpha value is -1.76. The molecule has 100 valence electrons. The van der Waals surface area contributed by atoms with Crippen LogP contribution in [0.1, 0.15) is 24.1 Å². The number of anilines is 1. The third kappa shape index (κ3) is 2.13. The predicted octanol–water partition coefficient (Wildman–Crippen LogP) is -0.216. The topological polar surface area (TPSA) is 99.9 Å². The van der Waals surface area contributed by atoms with Crippen molar-refractivity contribution in [1.82, 2.24) is 9.78 Å². The number of hydrogen-bond donors (Lipinski definition) is 3. The van der Waals surface area contributed by atoms with Crippen LogP contribution < -0.4 is 10.6 Å². The first-order valence-electron chi connectivity index (χ1n) is 5.99. The molecule has 0 bridgehead atoms. The average molecular weight is 253 g/mol. The van der Waals surface area contributed by atoms with Crippen molar-refractivity contribution in [2.75, 3.05) is 18.1 Å². The van der Waals surface area contributed by atoms with Crippen molar-refractivity contribution in [1.29, 1.82) is 0 Å². The molecule has 1 aromatic heterocycles. The highest BCUT2D eigenvalue weighted by molar-refractivity contribution is 6.02. The van der Waals surface area contributed by atoms with E-state index in [1.807, 2.05) is 14.0 Å². The van der Waals surface area contributed by atoms with Gasteiger partial charge in [-0.05, 0) is 19.8 Å². The number of hydrogen-bond acceptors (Lipinski definition) is 5. The standard InChI is InChI=1S/C11H19N5O2/c1-7-9(10(12)14-18)11(15(2)13-7)16(5-6-17)8-3-4-8/h8,17-18H,3-6H2,1-2H3,(H2,12,14). The first-order chi connectivity index (χ1) is 8.60. The molecule has 0 atom stereocenters. The predicted molar refractivity (Wildman–Crippen MR) is 67.9 cm³/mol. The van der Waals surface area contributed by atoms with Crippen molar-refractivity contribution < 1.29 is 10.3 Å². The molecule has 18 heavy (non-hydrogen) atoms. The molecule has 1 heterocycles. The second-order valence-electron chi connectivity index (χ2n) is 4.54. The van der Waals surface area contributed by atoms with E-state index in [1.165, 1.54) is 0 Å². The van der Waals surface area contributed by atoms with E-state index in [1.54, 1.807) is 4.68 Å². The maximum absolute atomic E-state index is 9.18. The average Bonchev–Trinajstić information content (AvgIpc) is 3.12. The molecule has 1 fully saturated rings. The summed E-state index contributed by atoms with van der Waals surface area (Å²) in [5.41, 5.74) is 7.07. The number of amidine groups is 1. The van der Waals surface area contributed by atoms with Gasteiger partial charge in [0.05, 0.1) is 17.9 Å². The van der Waals surface area contributed by atoms with Gasteiger partial charge in [-0.25, -0.2) is 0 Å². The van der Waals surface area contributed by atoms with Gasteiger partial charge in [0, 0.05) is 19.6 Å². The van der Waals surface area contributed by atoms with Crippen molar-refractivity contribution in [3.05, 3.63) is 11.3 Å². The Bertz CT molecular complexity index is 464. The minimum absolute atomic E-state index is 0.0548. The van der Waals surface area contributed by atoms with Crippen molar-refractivity contribution in [2.24, 2.45) is 17.9 Å². The molecule has 7 nitrogen and oxygen atoms in total. The summed E-state index contributed by atoms with van der Waals surface area (Å²) in [6.07, 6.45) is 2.19. The summed E-state index contributed by atoms with van der Waals surface area (Å²) < 4.78 is 1.72. The van der Waals surface area contributed by atoms with Crippen molar-refractivity contribution in [3.8, 4) is 0 Å². The van der Waals surface area contributed by atoms with Crippen LogP contribution in [0.4, 0.5) is 5.82 Å². The molecule has 4 N–H and O–H groups in total. The zero-order valence-electron chi connectivity index (χ0n) is 10.7. The fourth-order valence-electron chi connectivity index (χ4n) is 2.28. The van der Waals surface area contributed by atoms with Crippen LogP contribution in [-0.2, 0) is 7.05 Å². The number of aryl methyl sites for hydroxylation is 2. The second kappa shape index (κ2) is 4.85. The Labute approximate surface area is 105 Å². The summed E-state index contributed by atoms with van der Waals surface area (Å²) in [7, 11) is 1.82. The number of rotatable bonds is 5. The fraction of sp³-hybridized carbons (Fsp3) is 0.636. The van der Waals surface area contributed by atoms with Crippen LogP contribution in [-0.4, -0.2) is 45.1 Å². The largest absolute Gasteiger partial charge is 0.409 e. The first kappa shape index (κ1) is 12.7. The fourth-order valence-corrected chi connectivity index (χ4v) is 2.28. The highest BCUT2D eigenvalue weighted by Gasteiger charge is 2.33. The number of nitrogens with zero attached hydrogens (tertiary/aromatic N) is 4. The summed E-state index contributed by atoms with van der Waals surface area (Å²) in [4.78, 5) is 2.08. The van der Waals surface area contributed by atoms with E-state index in [-0.39, 0.29) is 12.4 Å². The van der Waals surface area contributed by atoms with Crippen molar-refractivity contribution in [2.45, 2.75) is 25.8 Å². The second-order valence-corrected chi connectivity index (χ2v) is 4.54. The highest BCUT2D eigenvalue weighted by Crippen LogP contribution is 2.34. The lowest BCUT2D eigenvalue weighted by Gasteiger charge is -2.24. The van der Waals surface area contributed by atoms with E-state index in [4.69, 9.17) is 10.9 Å². The van der Waals surface area contributed by atoms with E-state index < -0.39 is 0 Å². The van der Waals surface area contributed by atoms with Crippen LogP contribution in [0.3, 0.4) is 0 Å². The third-order valence-electron chi connectivity index (χ3n) is 3.16. The monoisotopic (exact) mass is 253 g/mol. The molecule has 0 aromatic carbocycles. The van der Waals surface area contributed by atoms with E-state index in [0.717, 1.165) is 18.7 Å². The summed E-state index contributed by atoms with van der Waals surface area (Å²) in [5, 5.41) is 25.4. The molecule has 1 aliphatic carbocycles. The van der Waals surface area contributed by atoms with E-state index in [0.29, 0.717) is 23.8 Å². The molecule has 0 unspecified atom stereocenters. The molecular formula is C11H19N5O2. The maximum Gasteiger partial charge on any atom is 0.175 e. The maximum atomic E-state index is 9.18. The van der Waals surface area contributed by atoms with Gasteiger partial charge in [0.25, 0.3) is 0 Å². The minimum atomic E-state index is 0.0548. The Morgan fingerprint density at radius 2 is 2.28 bits per heavy atom. The third-order valence-corrected chi connectivity index (χ3v) is 3.16. The quantitative estimate of drug-likeness (QED) is 0.292. The molecule has 7 heteroatoms. The molecule has 0 radical (unpaired) electrons. The Balaban J connectivity index is 2.47. The van der Waals surface area contributed by atoms with Gasteiger partial charge in [0.15, 0.2) is 5.84 Å². The lowest BCUT2D eigenvalue weighted by molar-refractivity contribution is 0.300. The van der Waals surface area contributed by atoms with E-state index >= 15 is 0 Å². The van der Waals surface area contributed by atoms with Crippen LogP contribution >= 0.6 is 0 Å². The lowest BCUT2D eigenvalue weighted by Crippen LogP contribution is -2.33. The molecule has 1 saturated carbocycles. The molecule has 0 amide bonds. The van der Waals surface area contributed by atoms with Crippen LogP contribution in [0, 0.1) is 6.92 Å². The number of aliphatic hydroxyl groups is 1. The number of nitrogens with two attached hydrogens (primary N) is 1. The number of oxime groups is 1. The smallest absolute Gasteiger partial charge is 0.175 e. The van der Waals surface area contributed by atoms with Gasteiger partial charge >= 0.3 is 0 Å². The van der Waals surface area contributed by atoms with Gasteiger partial charge in [-0.1, -0.05) is 5.16 Å². The van der Waals surface area contributed by atoms with Gasteiger partial charge in [-0.2, -0.15) is 5.10 Å². The zero-order valence-corrected chi connectivity index (χ0v) is 10.7. The van der Waals surface area contributed by atoms with Gasteiger partial charge in [-0.15, -0.1) is 0 Å². The van der Waals surface area contributed by atoms with Gasteiger partial charge < -0.3 is 20.9 Å². The molecule has 0 spiro atoms. The molecular weight excluding hydrogens is 234 g/mol. The van der Waals surface area contributed by atoms with Gasteiger partial charge in [0.1, 0.15) is 5.82 Å². The van der Waals surface area contributed by atoms with E-state index in [2.05, 4.69) is 15.2 Å². The van der Waals surface area contributed by atoms with Crippen molar-refractivity contribution >= 4 is 11.7 Å². The summed E-state index contributed by atoms with van der Waals surface area (Å²) in [6, 6.07) is 0.414.